The van der Waals surface area contributed by atoms with Crippen molar-refractivity contribution in [1.29, 1.82) is 0 Å². The third-order valence-corrected chi connectivity index (χ3v) is 4.19. The Bertz CT molecular complexity index is 1100. The molecule has 0 radical (unpaired) electrons. The first-order chi connectivity index (χ1) is 13.7. The number of alkyl halides is 3. The summed E-state index contributed by atoms with van der Waals surface area (Å²) in [5.74, 6) is -2.43. The molecule has 0 aliphatic carbocycles. The molecule has 0 aliphatic heterocycles. The molecule has 0 saturated heterocycles. The van der Waals surface area contributed by atoms with Crippen molar-refractivity contribution in [2.75, 3.05) is 5.32 Å². The molecule has 150 valence electrons. The third kappa shape index (κ3) is 4.45. The number of nitrogens with one attached hydrogen (secondary N) is 2. The molecule has 3 rings (SSSR count). The predicted molar refractivity (Wildman–Crippen MR) is 102 cm³/mol. The van der Waals surface area contributed by atoms with Gasteiger partial charge in [-0.05, 0) is 37.6 Å². The Labute approximate surface area is 163 Å². The zero-order chi connectivity index (χ0) is 21.2. The summed E-state index contributed by atoms with van der Waals surface area (Å²) in [5, 5.41) is 6.58. The van der Waals surface area contributed by atoms with E-state index in [4.69, 9.17) is 4.42 Å². The number of hydrogen-bond acceptors (Lipinski definition) is 4. The van der Waals surface area contributed by atoms with E-state index >= 15 is 0 Å². The number of furan rings is 1. The van der Waals surface area contributed by atoms with E-state index in [2.05, 4.69) is 10.5 Å². The normalized spacial score (nSPS) is 12.1. The number of aryl methyl sites for hydroxylation is 1. The third-order valence-electron chi connectivity index (χ3n) is 4.19. The van der Waals surface area contributed by atoms with Crippen LogP contribution in [0.15, 0.2) is 58.0 Å². The number of benzene rings is 2. The summed E-state index contributed by atoms with van der Waals surface area (Å²) >= 11 is 0. The van der Waals surface area contributed by atoms with Gasteiger partial charge in [0.05, 0.1) is 5.71 Å². The summed E-state index contributed by atoms with van der Waals surface area (Å²) in [6, 6.07) is 12.8. The van der Waals surface area contributed by atoms with Crippen molar-refractivity contribution in [3.63, 3.8) is 0 Å². The maximum absolute atomic E-state index is 12.4. The van der Waals surface area contributed by atoms with Gasteiger partial charge in [0.25, 0.3) is 0 Å². The number of hydrogen-bond donors (Lipinski definition) is 2. The Balaban J connectivity index is 1.70. The maximum Gasteiger partial charge on any atom is 0.471 e. The molecule has 0 fully saturated rings. The first-order valence-electron chi connectivity index (χ1n) is 8.48. The number of hydrazone groups is 1. The summed E-state index contributed by atoms with van der Waals surface area (Å²) in [6.45, 7) is 3.39. The zero-order valence-electron chi connectivity index (χ0n) is 15.4. The molecule has 0 bridgehead atoms. The fourth-order valence-electron chi connectivity index (χ4n) is 2.64. The van der Waals surface area contributed by atoms with E-state index in [1.54, 1.807) is 31.3 Å². The van der Waals surface area contributed by atoms with Crippen LogP contribution in [0.5, 0.6) is 0 Å². The largest absolute Gasteiger partial charge is 0.471 e. The molecule has 0 atom stereocenters. The second kappa shape index (κ2) is 7.78. The molecular weight excluding hydrogens is 387 g/mol. The lowest BCUT2D eigenvalue weighted by Crippen LogP contribution is -2.29. The van der Waals surface area contributed by atoms with Crippen molar-refractivity contribution in [2.45, 2.75) is 20.0 Å². The van der Waals surface area contributed by atoms with Gasteiger partial charge in [-0.25, -0.2) is 5.43 Å². The van der Waals surface area contributed by atoms with Crippen LogP contribution in [0.3, 0.4) is 0 Å². The van der Waals surface area contributed by atoms with Crippen LogP contribution in [0.4, 0.5) is 18.9 Å². The average Bonchev–Trinajstić information content (AvgIpc) is 3.03. The standard InChI is InChI=1S/C20H16F3N3O3/c1-11-15-5-3-4-6-16(15)29-17(11)18(27)26-25-12(2)13-7-9-14(10-8-13)24-19(28)20(21,22)23/h3-10H,1-2H3,(H,24,28)(H,26,27)/b25-12+. The van der Waals surface area contributed by atoms with Crippen LogP contribution in [-0.4, -0.2) is 23.7 Å². The molecule has 0 spiro atoms. The smallest absolute Gasteiger partial charge is 0.451 e. The predicted octanol–water partition coefficient (Wildman–Crippen LogP) is 4.40. The van der Waals surface area contributed by atoms with Crippen LogP contribution in [-0.2, 0) is 4.79 Å². The second-order valence-corrected chi connectivity index (χ2v) is 6.22. The first kappa shape index (κ1) is 20.1. The fraction of sp³-hybridized carbons (Fsp3) is 0.150. The molecule has 0 saturated carbocycles. The zero-order valence-corrected chi connectivity index (χ0v) is 15.4. The highest BCUT2D eigenvalue weighted by Gasteiger charge is 2.38. The molecule has 29 heavy (non-hydrogen) atoms. The van der Waals surface area contributed by atoms with Gasteiger partial charge in [-0.3, -0.25) is 9.59 Å². The van der Waals surface area contributed by atoms with Crippen molar-refractivity contribution in [3.8, 4) is 0 Å². The van der Waals surface area contributed by atoms with Crippen LogP contribution in [0.25, 0.3) is 11.0 Å². The molecule has 2 aromatic carbocycles. The summed E-state index contributed by atoms with van der Waals surface area (Å²) in [6.07, 6.45) is -4.96. The molecule has 2 amide bonds. The number of anilines is 1. The number of nitrogens with zero attached hydrogens (tertiary/aromatic N) is 1. The van der Waals surface area contributed by atoms with E-state index in [9.17, 15) is 22.8 Å². The molecule has 1 heterocycles. The van der Waals surface area contributed by atoms with Gasteiger partial charge in [0, 0.05) is 16.6 Å². The monoisotopic (exact) mass is 403 g/mol. The van der Waals surface area contributed by atoms with Crippen LogP contribution in [0, 0.1) is 6.92 Å². The van der Waals surface area contributed by atoms with Crippen molar-refractivity contribution >= 4 is 34.2 Å². The number of carbonyl (C=O) groups excluding carboxylic acids is 2. The van der Waals surface area contributed by atoms with Gasteiger partial charge in [-0.15, -0.1) is 0 Å². The molecule has 0 aliphatic rings. The van der Waals surface area contributed by atoms with Crippen LogP contribution >= 0.6 is 0 Å². The molecule has 0 unspecified atom stereocenters. The van der Waals surface area contributed by atoms with Gasteiger partial charge in [-0.1, -0.05) is 30.3 Å². The second-order valence-electron chi connectivity index (χ2n) is 6.22. The summed E-state index contributed by atoms with van der Waals surface area (Å²) < 4.78 is 42.4. The van der Waals surface area contributed by atoms with Crippen molar-refractivity contribution in [2.24, 2.45) is 5.10 Å². The first-order valence-corrected chi connectivity index (χ1v) is 8.48. The van der Waals surface area contributed by atoms with Crippen LogP contribution < -0.4 is 10.7 Å². The van der Waals surface area contributed by atoms with Crippen LogP contribution in [0.2, 0.25) is 0 Å². The van der Waals surface area contributed by atoms with Crippen molar-refractivity contribution in [1.82, 2.24) is 5.43 Å². The average molecular weight is 403 g/mol. The van der Waals surface area contributed by atoms with Gasteiger partial charge in [0.15, 0.2) is 5.76 Å². The van der Waals surface area contributed by atoms with Gasteiger partial charge in [0.1, 0.15) is 5.58 Å². The summed E-state index contributed by atoms with van der Waals surface area (Å²) in [7, 11) is 0. The molecular formula is C20H16F3N3O3. The summed E-state index contributed by atoms with van der Waals surface area (Å²) in [4.78, 5) is 23.3. The van der Waals surface area contributed by atoms with Crippen molar-refractivity contribution < 1.29 is 27.2 Å². The minimum Gasteiger partial charge on any atom is -0.451 e. The highest BCUT2D eigenvalue weighted by molar-refractivity contribution is 6.02. The summed E-state index contributed by atoms with van der Waals surface area (Å²) in [5.41, 5.74) is 4.64. The van der Waals surface area contributed by atoms with Crippen LogP contribution in [0.1, 0.15) is 28.6 Å². The molecule has 9 heteroatoms. The minimum absolute atomic E-state index is 0.00851. The van der Waals surface area contributed by atoms with Gasteiger partial charge in [0.2, 0.25) is 0 Å². The molecule has 1 aromatic heterocycles. The Kier molecular flexibility index (Phi) is 5.40. The topological polar surface area (TPSA) is 83.7 Å². The lowest BCUT2D eigenvalue weighted by molar-refractivity contribution is -0.167. The highest BCUT2D eigenvalue weighted by Crippen LogP contribution is 2.24. The fourth-order valence-corrected chi connectivity index (χ4v) is 2.64. The molecule has 3 aromatic rings. The van der Waals surface area contributed by atoms with Crippen molar-refractivity contribution in [3.05, 3.63) is 65.4 Å². The lowest BCUT2D eigenvalue weighted by atomic mass is 10.1. The van der Waals surface area contributed by atoms with E-state index in [-0.39, 0.29) is 11.4 Å². The Morgan fingerprint density at radius 1 is 1.03 bits per heavy atom. The van der Waals surface area contributed by atoms with E-state index < -0.39 is 18.0 Å². The quantitative estimate of drug-likeness (QED) is 0.500. The minimum atomic E-state index is -4.96. The highest BCUT2D eigenvalue weighted by atomic mass is 19.4. The Morgan fingerprint density at radius 3 is 2.31 bits per heavy atom. The maximum atomic E-state index is 12.4. The number of fused-ring (bicyclic) bond motifs is 1. The SMILES string of the molecule is C/C(=N\NC(=O)c1oc2ccccc2c1C)c1ccc(NC(=O)C(F)(F)F)cc1. The Morgan fingerprint density at radius 2 is 1.69 bits per heavy atom. The van der Waals surface area contributed by atoms with Gasteiger partial charge < -0.3 is 9.73 Å². The van der Waals surface area contributed by atoms with Gasteiger partial charge >= 0.3 is 18.0 Å². The van der Waals surface area contributed by atoms with E-state index in [0.717, 1.165) is 5.39 Å². The van der Waals surface area contributed by atoms with E-state index in [0.29, 0.717) is 22.4 Å². The number of amides is 2. The number of para-hydroxylation sites is 1. The van der Waals surface area contributed by atoms with Gasteiger partial charge in [-0.2, -0.15) is 18.3 Å². The molecule has 6 nitrogen and oxygen atoms in total. The lowest BCUT2D eigenvalue weighted by Gasteiger charge is -2.08. The van der Waals surface area contributed by atoms with E-state index in [1.165, 1.54) is 24.3 Å². The number of rotatable bonds is 4. The number of halogens is 3. The Hall–Kier alpha value is -3.62. The molecule has 2 N–H and O–H groups in total. The number of carbonyl (C=O) groups is 2. The van der Waals surface area contributed by atoms with E-state index in [1.807, 2.05) is 12.1 Å².